The van der Waals surface area contributed by atoms with Gasteiger partial charge in [-0.25, -0.2) is 0 Å². The molecule has 1 aliphatic rings. The van der Waals surface area contributed by atoms with Crippen LogP contribution < -0.4 is 14.8 Å². The van der Waals surface area contributed by atoms with Gasteiger partial charge in [-0.2, -0.15) is 0 Å². The molecule has 1 aromatic carbocycles. The fourth-order valence-electron chi connectivity index (χ4n) is 1.80. The van der Waals surface area contributed by atoms with E-state index in [0.29, 0.717) is 12.9 Å². The van der Waals surface area contributed by atoms with Crippen molar-refractivity contribution in [3.63, 3.8) is 0 Å². The minimum absolute atomic E-state index is 0.318. The van der Waals surface area contributed by atoms with Crippen molar-refractivity contribution in [3.8, 4) is 11.5 Å². The highest BCUT2D eigenvalue weighted by atomic mass is 16.7. The van der Waals surface area contributed by atoms with Crippen molar-refractivity contribution in [2.45, 2.75) is 32.9 Å². The van der Waals surface area contributed by atoms with Crippen LogP contribution in [0.4, 0.5) is 0 Å². The van der Waals surface area contributed by atoms with Crippen LogP contribution in [0, 0.1) is 0 Å². The molecule has 1 aromatic rings. The highest BCUT2D eigenvalue weighted by Crippen LogP contribution is 2.32. The highest BCUT2D eigenvalue weighted by molar-refractivity contribution is 5.44. The normalized spacial score (nSPS) is 13.3. The Morgan fingerprint density at radius 1 is 1.28 bits per heavy atom. The molecular weight excluding hydrogens is 230 g/mol. The summed E-state index contributed by atoms with van der Waals surface area (Å²) in [6.07, 6.45) is 1.35. The monoisotopic (exact) mass is 251 g/mol. The van der Waals surface area contributed by atoms with E-state index in [-0.39, 0.29) is 0 Å². The summed E-state index contributed by atoms with van der Waals surface area (Å²) in [4.78, 5) is 0. The molecule has 4 heteroatoms. The van der Waals surface area contributed by atoms with E-state index in [4.69, 9.17) is 14.2 Å². The van der Waals surface area contributed by atoms with Gasteiger partial charge in [-0.1, -0.05) is 6.07 Å². The summed E-state index contributed by atoms with van der Waals surface area (Å²) in [7, 11) is 0. The molecule has 0 amide bonds. The van der Waals surface area contributed by atoms with Gasteiger partial charge in [0.15, 0.2) is 11.5 Å². The van der Waals surface area contributed by atoms with Gasteiger partial charge in [0.1, 0.15) is 0 Å². The Balaban J connectivity index is 1.65. The van der Waals surface area contributed by atoms with Crippen LogP contribution in [0.3, 0.4) is 0 Å². The van der Waals surface area contributed by atoms with Crippen molar-refractivity contribution in [2.24, 2.45) is 0 Å². The first kappa shape index (κ1) is 13.2. The van der Waals surface area contributed by atoms with Gasteiger partial charge in [0.25, 0.3) is 0 Å². The molecule has 0 aliphatic carbocycles. The van der Waals surface area contributed by atoms with E-state index < -0.39 is 0 Å². The van der Waals surface area contributed by atoms with Crippen molar-refractivity contribution >= 4 is 0 Å². The summed E-state index contributed by atoms with van der Waals surface area (Å²) in [6.45, 7) is 7.06. The maximum atomic E-state index is 5.48. The molecule has 4 nitrogen and oxygen atoms in total. The van der Waals surface area contributed by atoms with E-state index in [1.54, 1.807) is 0 Å². The Labute approximate surface area is 108 Å². The van der Waals surface area contributed by atoms with Crippen LogP contribution in [0.5, 0.6) is 11.5 Å². The molecule has 18 heavy (non-hydrogen) atoms. The van der Waals surface area contributed by atoms with Crippen molar-refractivity contribution in [1.29, 1.82) is 0 Å². The van der Waals surface area contributed by atoms with Crippen molar-refractivity contribution in [3.05, 3.63) is 23.8 Å². The third kappa shape index (κ3) is 3.89. The standard InChI is InChI=1S/C14H21NO3/c1-11(2)16-7-3-6-15-9-12-4-5-13-14(8-12)18-10-17-13/h4-5,8,11,15H,3,6-7,9-10H2,1-2H3. The Kier molecular flexibility index (Phi) is 4.84. The highest BCUT2D eigenvalue weighted by Gasteiger charge is 2.12. The van der Waals surface area contributed by atoms with Crippen molar-refractivity contribution < 1.29 is 14.2 Å². The van der Waals surface area contributed by atoms with E-state index in [1.165, 1.54) is 5.56 Å². The third-order valence-corrected chi connectivity index (χ3v) is 2.72. The SMILES string of the molecule is CC(C)OCCCNCc1ccc2c(c1)OCO2. The number of hydrogen-bond acceptors (Lipinski definition) is 4. The smallest absolute Gasteiger partial charge is 0.231 e. The largest absolute Gasteiger partial charge is 0.454 e. The second kappa shape index (κ2) is 6.61. The fraction of sp³-hybridized carbons (Fsp3) is 0.571. The van der Waals surface area contributed by atoms with Gasteiger partial charge in [-0.05, 0) is 44.5 Å². The summed E-state index contributed by atoms with van der Waals surface area (Å²) >= 11 is 0. The van der Waals surface area contributed by atoms with Gasteiger partial charge in [0.2, 0.25) is 6.79 Å². The molecule has 1 N–H and O–H groups in total. The first-order chi connectivity index (χ1) is 8.75. The van der Waals surface area contributed by atoms with E-state index in [9.17, 15) is 0 Å². The fourth-order valence-corrected chi connectivity index (χ4v) is 1.80. The zero-order valence-electron chi connectivity index (χ0n) is 11.1. The zero-order valence-corrected chi connectivity index (χ0v) is 11.1. The zero-order chi connectivity index (χ0) is 12.8. The number of nitrogens with one attached hydrogen (secondary N) is 1. The molecule has 1 heterocycles. The van der Waals surface area contributed by atoms with Crippen LogP contribution in [-0.2, 0) is 11.3 Å². The van der Waals surface area contributed by atoms with Crippen LogP contribution in [-0.4, -0.2) is 26.0 Å². The lowest BCUT2D eigenvalue weighted by molar-refractivity contribution is 0.0770. The quantitative estimate of drug-likeness (QED) is 0.755. The molecule has 0 saturated carbocycles. The predicted molar refractivity (Wildman–Crippen MR) is 70.0 cm³/mol. The lowest BCUT2D eigenvalue weighted by atomic mass is 10.2. The molecule has 0 fully saturated rings. The predicted octanol–water partition coefficient (Wildman–Crippen LogP) is 2.32. The Morgan fingerprint density at radius 3 is 2.94 bits per heavy atom. The third-order valence-electron chi connectivity index (χ3n) is 2.72. The van der Waals surface area contributed by atoms with E-state index >= 15 is 0 Å². The number of hydrogen-bond donors (Lipinski definition) is 1. The molecule has 1 aliphatic heterocycles. The molecule has 100 valence electrons. The number of rotatable bonds is 7. The van der Waals surface area contributed by atoms with Crippen LogP contribution >= 0.6 is 0 Å². The Morgan fingerprint density at radius 2 is 2.11 bits per heavy atom. The molecular formula is C14H21NO3. The molecule has 0 spiro atoms. The van der Waals surface area contributed by atoms with Crippen LogP contribution in [0.1, 0.15) is 25.8 Å². The molecule has 2 rings (SSSR count). The number of benzene rings is 1. The van der Waals surface area contributed by atoms with Gasteiger partial charge in [0, 0.05) is 13.2 Å². The molecule has 0 atom stereocenters. The summed E-state index contributed by atoms with van der Waals surface area (Å²) < 4.78 is 16.1. The van der Waals surface area contributed by atoms with E-state index in [2.05, 4.69) is 25.2 Å². The first-order valence-electron chi connectivity index (χ1n) is 6.46. The topological polar surface area (TPSA) is 39.7 Å². The lowest BCUT2D eigenvalue weighted by Crippen LogP contribution is -2.17. The second-order valence-corrected chi connectivity index (χ2v) is 4.64. The van der Waals surface area contributed by atoms with Gasteiger partial charge in [-0.3, -0.25) is 0 Å². The van der Waals surface area contributed by atoms with E-state index in [0.717, 1.165) is 37.6 Å². The maximum Gasteiger partial charge on any atom is 0.231 e. The molecule has 0 unspecified atom stereocenters. The average molecular weight is 251 g/mol. The Hall–Kier alpha value is -1.26. The van der Waals surface area contributed by atoms with Gasteiger partial charge >= 0.3 is 0 Å². The average Bonchev–Trinajstić information content (AvgIpc) is 2.80. The maximum absolute atomic E-state index is 5.48. The summed E-state index contributed by atoms with van der Waals surface area (Å²) in [5.41, 5.74) is 1.21. The summed E-state index contributed by atoms with van der Waals surface area (Å²) in [6, 6.07) is 6.05. The number of ether oxygens (including phenoxy) is 3. The minimum Gasteiger partial charge on any atom is -0.454 e. The molecule has 0 bridgehead atoms. The first-order valence-corrected chi connectivity index (χ1v) is 6.46. The van der Waals surface area contributed by atoms with Crippen LogP contribution in [0.2, 0.25) is 0 Å². The molecule has 0 saturated heterocycles. The summed E-state index contributed by atoms with van der Waals surface area (Å²) in [5, 5.41) is 3.39. The summed E-state index contributed by atoms with van der Waals surface area (Å²) in [5.74, 6) is 1.68. The van der Waals surface area contributed by atoms with Crippen molar-refractivity contribution in [1.82, 2.24) is 5.32 Å². The molecule has 0 radical (unpaired) electrons. The van der Waals surface area contributed by atoms with Crippen LogP contribution in [0.15, 0.2) is 18.2 Å². The Bertz CT molecular complexity index is 379. The van der Waals surface area contributed by atoms with Gasteiger partial charge in [0.05, 0.1) is 6.10 Å². The van der Waals surface area contributed by atoms with Crippen molar-refractivity contribution in [2.75, 3.05) is 19.9 Å². The van der Waals surface area contributed by atoms with E-state index in [1.807, 2.05) is 12.1 Å². The molecule has 0 aromatic heterocycles. The number of fused-ring (bicyclic) bond motifs is 1. The second-order valence-electron chi connectivity index (χ2n) is 4.64. The minimum atomic E-state index is 0.318. The lowest BCUT2D eigenvalue weighted by Gasteiger charge is -2.08. The van der Waals surface area contributed by atoms with Gasteiger partial charge in [-0.15, -0.1) is 0 Å². The van der Waals surface area contributed by atoms with Gasteiger partial charge < -0.3 is 19.5 Å². The van der Waals surface area contributed by atoms with Crippen LogP contribution in [0.25, 0.3) is 0 Å².